The molecule has 1 amide bonds. The predicted molar refractivity (Wildman–Crippen MR) is 74.6 cm³/mol. The summed E-state index contributed by atoms with van der Waals surface area (Å²) in [6.07, 6.45) is 0. The van der Waals surface area contributed by atoms with Crippen molar-refractivity contribution in [3.05, 3.63) is 33.9 Å². The van der Waals surface area contributed by atoms with Gasteiger partial charge in [0.2, 0.25) is 5.91 Å². The molecule has 2 N–H and O–H groups in total. The van der Waals surface area contributed by atoms with E-state index in [0.717, 1.165) is 0 Å². The quantitative estimate of drug-likeness (QED) is 0.579. The lowest BCUT2D eigenvalue weighted by molar-refractivity contribution is -0.385. The van der Waals surface area contributed by atoms with Crippen LogP contribution in [-0.4, -0.2) is 30.5 Å². The second-order valence-corrected chi connectivity index (χ2v) is 4.62. The van der Waals surface area contributed by atoms with Crippen molar-refractivity contribution in [1.82, 2.24) is 10.6 Å². The molecule has 0 atom stereocenters. The Labute approximate surface area is 117 Å². The molecule has 0 bridgehead atoms. The Morgan fingerprint density at radius 1 is 1.40 bits per heavy atom. The number of rotatable bonds is 7. The molecule has 1 aromatic carbocycles. The average Bonchev–Trinajstić information content (AvgIpc) is 2.37. The molecule has 0 unspecified atom stereocenters. The molecular formula is C13H19N3O4. The van der Waals surface area contributed by atoms with E-state index in [1.54, 1.807) is 6.07 Å². The van der Waals surface area contributed by atoms with Gasteiger partial charge in [0, 0.05) is 18.7 Å². The van der Waals surface area contributed by atoms with Crippen LogP contribution in [-0.2, 0) is 11.3 Å². The highest BCUT2D eigenvalue weighted by atomic mass is 16.6. The molecule has 20 heavy (non-hydrogen) atoms. The third-order valence-corrected chi connectivity index (χ3v) is 2.46. The highest BCUT2D eigenvalue weighted by Crippen LogP contribution is 2.22. The molecular weight excluding hydrogens is 262 g/mol. The van der Waals surface area contributed by atoms with Gasteiger partial charge in [0.15, 0.2) is 0 Å². The van der Waals surface area contributed by atoms with Crippen molar-refractivity contribution in [2.45, 2.75) is 26.4 Å². The van der Waals surface area contributed by atoms with Crippen LogP contribution in [0.1, 0.15) is 19.4 Å². The first-order valence-corrected chi connectivity index (χ1v) is 6.24. The number of carbonyl (C=O) groups excluding carboxylic acids is 1. The number of nitro benzene ring substituents is 1. The summed E-state index contributed by atoms with van der Waals surface area (Å²) in [6, 6.07) is 4.59. The van der Waals surface area contributed by atoms with E-state index in [1.165, 1.54) is 19.2 Å². The van der Waals surface area contributed by atoms with Crippen molar-refractivity contribution < 1.29 is 14.5 Å². The molecule has 0 aliphatic heterocycles. The normalized spacial score (nSPS) is 10.4. The van der Waals surface area contributed by atoms with Gasteiger partial charge in [-0.3, -0.25) is 14.9 Å². The summed E-state index contributed by atoms with van der Waals surface area (Å²) in [6.45, 7) is 4.26. The van der Waals surface area contributed by atoms with Crippen molar-refractivity contribution in [3.63, 3.8) is 0 Å². The molecule has 1 rings (SSSR count). The highest BCUT2D eigenvalue weighted by Gasteiger charge is 2.10. The van der Waals surface area contributed by atoms with Crippen LogP contribution in [0, 0.1) is 10.1 Å². The lowest BCUT2D eigenvalue weighted by atomic mass is 10.2. The molecule has 7 heteroatoms. The molecule has 0 radical (unpaired) electrons. The second kappa shape index (κ2) is 7.44. The molecule has 0 aliphatic carbocycles. The van der Waals surface area contributed by atoms with Crippen molar-refractivity contribution in [1.29, 1.82) is 0 Å². The van der Waals surface area contributed by atoms with Gasteiger partial charge in [0.1, 0.15) is 5.75 Å². The predicted octanol–water partition coefficient (Wildman–Crippen LogP) is 1.22. The molecule has 1 aromatic rings. The molecule has 0 fully saturated rings. The van der Waals surface area contributed by atoms with Crippen molar-refractivity contribution in [2.75, 3.05) is 13.7 Å². The Kier molecular flexibility index (Phi) is 5.92. The maximum absolute atomic E-state index is 11.4. The Balaban J connectivity index is 2.61. The molecule has 7 nitrogen and oxygen atoms in total. The van der Waals surface area contributed by atoms with Gasteiger partial charge < -0.3 is 15.4 Å². The van der Waals surface area contributed by atoms with Crippen LogP contribution in [0.5, 0.6) is 5.75 Å². The number of hydrogen-bond donors (Lipinski definition) is 2. The van der Waals surface area contributed by atoms with Gasteiger partial charge in [-0.25, -0.2) is 0 Å². The smallest absolute Gasteiger partial charge is 0.273 e. The Hall–Kier alpha value is -2.15. The van der Waals surface area contributed by atoms with E-state index in [4.69, 9.17) is 4.74 Å². The standard InChI is InChI=1S/C13H19N3O4/c1-9(2)15-13(17)8-14-7-10-4-11(16(18)19)6-12(5-10)20-3/h4-6,9,14H,7-8H2,1-3H3,(H,15,17). The molecule has 0 aliphatic rings. The minimum Gasteiger partial charge on any atom is -0.496 e. The van der Waals surface area contributed by atoms with E-state index in [1.807, 2.05) is 13.8 Å². The zero-order valence-electron chi connectivity index (χ0n) is 11.8. The Morgan fingerprint density at radius 3 is 2.65 bits per heavy atom. The first-order valence-electron chi connectivity index (χ1n) is 6.24. The average molecular weight is 281 g/mol. The van der Waals surface area contributed by atoms with Crippen molar-refractivity contribution >= 4 is 11.6 Å². The third kappa shape index (κ3) is 5.23. The van der Waals surface area contributed by atoms with Gasteiger partial charge in [-0.15, -0.1) is 0 Å². The van der Waals surface area contributed by atoms with E-state index >= 15 is 0 Å². The van der Waals surface area contributed by atoms with Crippen LogP contribution in [0.15, 0.2) is 18.2 Å². The van der Waals surface area contributed by atoms with E-state index in [2.05, 4.69) is 10.6 Å². The molecule has 0 saturated carbocycles. The number of nitrogens with zero attached hydrogens (tertiary/aromatic N) is 1. The number of carbonyl (C=O) groups is 1. The fourth-order valence-electron chi connectivity index (χ4n) is 1.66. The number of ether oxygens (including phenoxy) is 1. The highest BCUT2D eigenvalue weighted by molar-refractivity contribution is 5.78. The van der Waals surface area contributed by atoms with Crippen LogP contribution in [0.2, 0.25) is 0 Å². The van der Waals surface area contributed by atoms with Crippen LogP contribution < -0.4 is 15.4 Å². The summed E-state index contributed by atoms with van der Waals surface area (Å²) < 4.78 is 5.01. The molecule has 0 saturated heterocycles. The summed E-state index contributed by atoms with van der Waals surface area (Å²) in [4.78, 5) is 21.8. The largest absolute Gasteiger partial charge is 0.496 e. The lowest BCUT2D eigenvalue weighted by Gasteiger charge is -2.09. The van der Waals surface area contributed by atoms with Crippen LogP contribution in [0.4, 0.5) is 5.69 Å². The lowest BCUT2D eigenvalue weighted by Crippen LogP contribution is -2.37. The maximum atomic E-state index is 11.4. The summed E-state index contributed by atoms with van der Waals surface area (Å²) in [7, 11) is 1.45. The van der Waals surface area contributed by atoms with Gasteiger partial charge in [-0.05, 0) is 25.5 Å². The van der Waals surface area contributed by atoms with Gasteiger partial charge in [-0.1, -0.05) is 0 Å². The van der Waals surface area contributed by atoms with Gasteiger partial charge in [0.25, 0.3) is 5.69 Å². The molecule has 0 spiro atoms. The van der Waals surface area contributed by atoms with E-state index in [0.29, 0.717) is 17.9 Å². The zero-order valence-corrected chi connectivity index (χ0v) is 11.8. The number of methoxy groups -OCH3 is 1. The van der Waals surface area contributed by atoms with Crippen molar-refractivity contribution in [3.8, 4) is 5.75 Å². The van der Waals surface area contributed by atoms with E-state index < -0.39 is 4.92 Å². The third-order valence-electron chi connectivity index (χ3n) is 2.46. The number of hydrogen-bond acceptors (Lipinski definition) is 5. The Bertz CT molecular complexity index is 489. The Morgan fingerprint density at radius 2 is 2.10 bits per heavy atom. The van der Waals surface area contributed by atoms with Gasteiger partial charge in [0.05, 0.1) is 24.6 Å². The van der Waals surface area contributed by atoms with Crippen LogP contribution in [0.25, 0.3) is 0 Å². The fourth-order valence-corrected chi connectivity index (χ4v) is 1.66. The minimum atomic E-state index is -0.475. The van der Waals surface area contributed by atoms with Gasteiger partial charge >= 0.3 is 0 Å². The number of non-ortho nitro benzene ring substituents is 1. The first kappa shape index (κ1) is 15.9. The van der Waals surface area contributed by atoms with E-state index in [-0.39, 0.29) is 24.2 Å². The number of benzene rings is 1. The topological polar surface area (TPSA) is 93.5 Å². The summed E-state index contributed by atoms with van der Waals surface area (Å²) in [5.74, 6) is 0.306. The molecule has 0 aromatic heterocycles. The number of nitrogens with one attached hydrogen (secondary N) is 2. The summed E-state index contributed by atoms with van der Waals surface area (Å²) >= 11 is 0. The number of amides is 1. The fraction of sp³-hybridized carbons (Fsp3) is 0.462. The zero-order chi connectivity index (χ0) is 15.1. The minimum absolute atomic E-state index is 0.0345. The van der Waals surface area contributed by atoms with Crippen molar-refractivity contribution in [2.24, 2.45) is 0 Å². The van der Waals surface area contributed by atoms with Crippen LogP contribution in [0.3, 0.4) is 0 Å². The van der Waals surface area contributed by atoms with Gasteiger partial charge in [-0.2, -0.15) is 0 Å². The summed E-state index contributed by atoms with van der Waals surface area (Å²) in [5.41, 5.74) is 0.654. The van der Waals surface area contributed by atoms with Crippen LogP contribution >= 0.6 is 0 Å². The molecule has 0 heterocycles. The molecule has 110 valence electrons. The summed E-state index contributed by atoms with van der Waals surface area (Å²) in [5, 5.41) is 16.5. The SMILES string of the molecule is COc1cc(CNCC(=O)NC(C)C)cc([N+](=O)[O-])c1. The first-order chi connectivity index (χ1) is 9.42. The van der Waals surface area contributed by atoms with E-state index in [9.17, 15) is 14.9 Å². The monoisotopic (exact) mass is 281 g/mol. The second-order valence-electron chi connectivity index (χ2n) is 4.62. The number of nitro groups is 1. The maximum Gasteiger partial charge on any atom is 0.273 e.